The lowest BCUT2D eigenvalue weighted by Gasteiger charge is -2.31. The van der Waals surface area contributed by atoms with E-state index in [1.807, 2.05) is 30.6 Å². The molecule has 5 aromatic rings. The summed E-state index contributed by atoms with van der Waals surface area (Å²) in [5.74, 6) is -0.912. The number of hydrogen-bond donors (Lipinski definition) is 1. The van der Waals surface area contributed by atoms with Gasteiger partial charge in [0.2, 0.25) is 0 Å². The largest absolute Gasteiger partial charge is 0.440 e. The van der Waals surface area contributed by atoms with Crippen LogP contribution in [0.1, 0.15) is 70.4 Å². The number of carbonyl (C=O) groups excluding carboxylic acids is 2. The van der Waals surface area contributed by atoms with Crippen molar-refractivity contribution in [1.82, 2.24) is 9.80 Å². The van der Waals surface area contributed by atoms with Gasteiger partial charge in [0.25, 0.3) is 11.8 Å². The molecule has 0 spiro atoms. The summed E-state index contributed by atoms with van der Waals surface area (Å²) in [4.78, 5) is 57.8. The standard InChI is InChI=1S/C25H27F2N3O4.C19H23BrN2O4/c1-14-13-30(5-6-33-14)23-12-22(31)21-8-16(25(32)29(3)4)7-20(24(21)34-23)15(2)28-19-10-17(26)9-18(27)11-19;1-11-10-22(5-6-25-11)17-9-16(23)15-8-13(19(24)21(3)4)7-14(12(2)20)18(15)26-17/h7-12,14-15,28H,5-6,13H2,1-4H3;7-9,11-12H,5-6,10H2,1-4H3/t14-,15?;11-,12?/m00/s1. The maximum absolute atomic E-state index is 13.7. The first-order valence-corrected chi connectivity index (χ1v) is 20.6. The number of ether oxygens (including phenoxy) is 2. The monoisotopic (exact) mass is 893 g/mol. The lowest BCUT2D eigenvalue weighted by atomic mass is 9.99. The molecule has 2 fully saturated rings. The molecule has 0 bridgehead atoms. The third-order valence-electron chi connectivity index (χ3n) is 10.2. The van der Waals surface area contributed by atoms with Gasteiger partial charge < -0.3 is 43.2 Å². The molecule has 4 heterocycles. The van der Waals surface area contributed by atoms with Crippen molar-refractivity contribution >= 4 is 67.1 Å². The average Bonchev–Trinajstić information content (AvgIpc) is 3.19. The Kier molecular flexibility index (Phi) is 13.7. The summed E-state index contributed by atoms with van der Waals surface area (Å²) >= 11 is 3.56. The van der Waals surface area contributed by atoms with Crippen molar-refractivity contribution < 1.29 is 36.7 Å². The zero-order valence-corrected chi connectivity index (χ0v) is 36.5. The highest BCUT2D eigenvalue weighted by atomic mass is 79.9. The van der Waals surface area contributed by atoms with Gasteiger partial charge in [0.15, 0.2) is 22.6 Å². The summed E-state index contributed by atoms with van der Waals surface area (Å²) in [6, 6.07) is 12.1. The fourth-order valence-corrected chi connectivity index (χ4v) is 7.58. The molecule has 1 N–H and O–H groups in total. The Bertz CT molecular complexity index is 2510. The maximum atomic E-state index is 13.7. The van der Waals surface area contributed by atoms with Crippen LogP contribution < -0.4 is 26.0 Å². The summed E-state index contributed by atoms with van der Waals surface area (Å²) in [5.41, 5.74) is 2.72. The first-order valence-electron chi connectivity index (χ1n) is 19.7. The van der Waals surface area contributed by atoms with Gasteiger partial charge in [0, 0.05) is 105 Å². The molecule has 3 aromatic carbocycles. The minimum Gasteiger partial charge on any atom is -0.440 e. The summed E-state index contributed by atoms with van der Waals surface area (Å²) in [6.45, 7) is 11.2. The zero-order chi connectivity index (χ0) is 43.6. The number of morpholine rings is 2. The Hall–Kier alpha value is -5.32. The second kappa shape index (κ2) is 18.5. The van der Waals surface area contributed by atoms with Gasteiger partial charge in [-0.25, -0.2) is 8.78 Å². The number of nitrogens with zero attached hydrogens (tertiary/aromatic N) is 4. The second-order valence-corrected chi connectivity index (χ2v) is 16.9. The molecule has 2 unspecified atom stereocenters. The minimum atomic E-state index is -0.716. The predicted molar refractivity (Wildman–Crippen MR) is 232 cm³/mol. The van der Waals surface area contributed by atoms with Gasteiger partial charge in [-0.3, -0.25) is 19.2 Å². The smallest absolute Gasteiger partial charge is 0.253 e. The van der Waals surface area contributed by atoms with Crippen LogP contribution in [0.25, 0.3) is 21.9 Å². The van der Waals surface area contributed by atoms with E-state index in [0.29, 0.717) is 84.4 Å². The van der Waals surface area contributed by atoms with Gasteiger partial charge >= 0.3 is 0 Å². The van der Waals surface area contributed by atoms with E-state index in [1.165, 1.54) is 40.1 Å². The van der Waals surface area contributed by atoms with Crippen molar-refractivity contribution in [1.29, 1.82) is 0 Å². The van der Waals surface area contributed by atoms with Crippen LogP contribution in [0.15, 0.2) is 73.0 Å². The first-order chi connectivity index (χ1) is 28.4. The summed E-state index contributed by atoms with van der Waals surface area (Å²) < 4.78 is 51.0. The van der Waals surface area contributed by atoms with Gasteiger partial charge in [-0.2, -0.15) is 0 Å². The molecule has 2 aromatic heterocycles. The normalized spacial score (nSPS) is 17.8. The summed E-state index contributed by atoms with van der Waals surface area (Å²) in [5, 5.41) is 3.73. The SMILES string of the molecule is CC(Br)c1cc(C(=O)N(C)C)cc2c(=O)cc(N3CCO[C@@H](C)C3)oc12.CC(Nc1cc(F)cc(F)c1)c1cc(C(=O)N(C)C)cc2c(=O)cc(N3CCO[C@@H](C)C3)oc12. The van der Waals surface area contributed by atoms with Crippen LogP contribution in [0.3, 0.4) is 0 Å². The highest BCUT2D eigenvalue weighted by molar-refractivity contribution is 9.09. The van der Waals surface area contributed by atoms with Gasteiger partial charge in [-0.15, -0.1) is 0 Å². The topological polar surface area (TPSA) is 138 Å². The number of rotatable bonds is 8. The van der Waals surface area contributed by atoms with E-state index >= 15 is 0 Å². The van der Waals surface area contributed by atoms with Crippen molar-refractivity contribution in [2.75, 3.05) is 82.7 Å². The Morgan fingerprint density at radius 2 is 1.13 bits per heavy atom. The number of nitrogens with one attached hydrogen (secondary N) is 1. The van der Waals surface area contributed by atoms with Crippen LogP contribution in [0.2, 0.25) is 0 Å². The number of amides is 2. The Balaban J connectivity index is 0.000000209. The van der Waals surface area contributed by atoms with E-state index in [0.717, 1.165) is 11.6 Å². The molecular formula is C44H50BrF2N5O8. The number of anilines is 3. The van der Waals surface area contributed by atoms with Gasteiger partial charge in [0.05, 0.1) is 42.2 Å². The fourth-order valence-electron chi connectivity index (χ4n) is 7.24. The lowest BCUT2D eigenvalue weighted by molar-refractivity contribution is 0.0516. The van der Waals surface area contributed by atoms with E-state index in [1.54, 1.807) is 53.3 Å². The molecule has 2 saturated heterocycles. The van der Waals surface area contributed by atoms with Gasteiger partial charge in [0.1, 0.15) is 22.8 Å². The van der Waals surface area contributed by atoms with Gasteiger partial charge in [-0.05, 0) is 64.1 Å². The number of carbonyl (C=O) groups is 2. The molecule has 0 radical (unpaired) electrons. The van der Waals surface area contributed by atoms with Crippen molar-refractivity contribution in [2.45, 2.75) is 50.8 Å². The third kappa shape index (κ3) is 9.99. The lowest BCUT2D eigenvalue weighted by Crippen LogP contribution is -2.41. The fraction of sp³-hybridized carbons (Fsp3) is 0.409. The Labute approximate surface area is 354 Å². The van der Waals surface area contributed by atoms with Crippen LogP contribution in [0.4, 0.5) is 26.2 Å². The number of alkyl halides is 1. The number of fused-ring (bicyclic) bond motifs is 2. The summed E-state index contributed by atoms with van der Waals surface area (Å²) in [6.07, 6.45) is 0.0668. The molecule has 320 valence electrons. The van der Waals surface area contributed by atoms with Crippen molar-refractivity contribution in [3.63, 3.8) is 0 Å². The molecule has 0 saturated carbocycles. The van der Waals surface area contributed by atoms with Crippen LogP contribution in [-0.4, -0.2) is 101 Å². The highest BCUT2D eigenvalue weighted by Gasteiger charge is 2.25. The van der Waals surface area contributed by atoms with Crippen molar-refractivity contribution in [3.8, 4) is 0 Å². The molecular weight excluding hydrogens is 844 g/mol. The highest BCUT2D eigenvalue weighted by Crippen LogP contribution is 2.34. The number of benzene rings is 3. The number of halogens is 3. The molecule has 2 aliphatic heterocycles. The van der Waals surface area contributed by atoms with Crippen LogP contribution in [-0.2, 0) is 9.47 Å². The molecule has 2 aliphatic rings. The molecule has 13 nitrogen and oxygen atoms in total. The Morgan fingerprint density at radius 3 is 1.55 bits per heavy atom. The average molecular weight is 895 g/mol. The summed E-state index contributed by atoms with van der Waals surface area (Å²) in [7, 11) is 6.62. The predicted octanol–water partition coefficient (Wildman–Crippen LogP) is 7.35. The second-order valence-electron chi connectivity index (χ2n) is 15.6. The van der Waals surface area contributed by atoms with E-state index in [-0.39, 0.29) is 50.8 Å². The van der Waals surface area contributed by atoms with Crippen LogP contribution in [0.5, 0.6) is 0 Å². The molecule has 2 amide bonds. The molecule has 0 aliphatic carbocycles. The molecule has 16 heteroatoms. The van der Waals surface area contributed by atoms with Crippen molar-refractivity contribution in [2.24, 2.45) is 0 Å². The van der Waals surface area contributed by atoms with E-state index in [4.69, 9.17) is 18.3 Å². The van der Waals surface area contributed by atoms with Crippen molar-refractivity contribution in [3.05, 3.63) is 109 Å². The van der Waals surface area contributed by atoms with Crippen LogP contribution in [0, 0.1) is 11.6 Å². The zero-order valence-electron chi connectivity index (χ0n) is 34.9. The Morgan fingerprint density at radius 1 is 0.700 bits per heavy atom. The van der Waals surface area contributed by atoms with Crippen LogP contribution >= 0.6 is 15.9 Å². The quantitative estimate of drug-likeness (QED) is 0.157. The molecule has 4 atom stereocenters. The van der Waals surface area contributed by atoms with Gasteiger partial charge in [-0.1, -0.05) is 15.9 Å². The van der Waals surface area contributed by atoms with E-state index < -0.39 is 17.7 Å². The molecule has 7 rings (SSSR count). The van der Waals surface area contributed by atoms with E-state index in [2.05, 4.69) is 21.2 Å². The maximum Gasteiger partial charge on any atom is 0.253 e. The molecule has 60 heavy (non-hydrogen) atoms. The first kappa shape index (κ1) is 44.2. The minimum absolute atomic E-state index is 0.0160. The third-order valence-corrected chi connectivity index (χ3v) is 10.7. The van der Waals surface area contributed by atoms with E-state index in [9.17, 15) is 28.0 Å². The number of hydrogen-bond acceptors (Lipinski definition) is 11.